The second-order valence-corrected chi connectivity index (χ2v) is 5.42. The number of furan rings is 1. The molecule has 1 aromatic heterocycles. The molecule has 2 rings (SSSR count). The molecule has 1 atom stereocenters. The van der Waals surface area contributed by atoms with Crippen molar-refractivity contribution in [3.05, 3.63) is 54.0 Å². The fourth-order valence-corrected chi connectivity index (χ4v) is 2.29. The van der Waals surface area contributed by atoms with Crippen LogP contribution in [0.5, 0.6) is 5.75 Å². The Hall–Kier alpha value is -2.70. The molecule has 24 heavy (non-hydrogen) atoms. The van der Waals surface area contributed by atoms with Crippen molar-refractivity contribution in [3.63, 3.8) is 0 Å². The minimum absolute atomic E-state index is 0.00863. The number of benzene rings is 1. The van der Waals surface area contributed by atoms with Crippen LogP contribution in [0.25, 0.3) is 0 Å². The van der Waals surface area contributed by atoms with E-state index in [9.17, 15) is 13.6 Å². The lowest BCUT2D eigenvalue weighted by atomic mass is 9.88. The molecule has 1 amide bonds. The van der Waals surface area contributed by atoms with Gasteiger partial charge in [0, 0.05) is 0 Å². The first kappa shape index (κ1) is 17.7. The molecule has 0 fully saturated rings. The maximum Gasteiger partial charge on any atom is 0.387 e. The summed E-state index contributed by atoms with van der Waals surface area (Å²) >= 11 is 0. The molecule has 1 aromatic carbocycles. The zero-order chi connectivity index (χ0) is 17.5. The maximum absolute atomic E-state index is 12.4. The number of ether oxygens (including phenoxy) is 1. The van der Waals surface area contributed by atoms with Gasteiger partial charge in [-0.3, -0.25) is 4.79 Å². The molecule has 0 aliphatic heterocycles. The smallest absolute Gasteiger partial charge is 0.387 e. The minimum atomic E-state index is -2.88. The van der Waals surface area contributed by atoms with Gasteiger partial charge < -0.3 is 9.15 Å². The van der Waals surface area contributed by atoms with Gasteiger partial charge in [0.25, 0.3) is 0 Å². The van der Waals surface area contributed by atoms with E-state index < -0.39 is 12.5 Å². The fraction of sp³-hybridized carbons (Fsp3) is 0.294. The summed E-state index contributed by atoms with van der Waals surface area (Å²) in [6, 6.07) is 9.43. The summed E-state index contributed by atoms with van der Waals surface area (Å²) in [6.07, 6.45) is 2.90. The van der Waals surface area contributed by atoms with Crippen LogP contribution in [0, 0.1) is 5.92 Å². The number of nitrogens with one attached hydrogen (secondary N) is 1. The number of hydrogen-bond acceptors (Lipinski definition) is 4. The summed E-state index contributed by atoms with van der Waals surface area (Å²) in [4.78, 5) is 12.4. The van der Waals surface area contributed by atoms with Gasteiger partial charge >= 0.3 is 6.61 Å². The van der Waals surface area contributed by atoms with Gasteiger partial charge in [-0.2, -0.15) is 13.9 Å². The van der Waals surface area contributed by atoms with Gasteiger partial charge in [0.15, 0.2) is 0 Å². The normalized spacial score (nSPS) is 12.8. The van der Waals surface area contributed by atoms with E-state index in [4.69, 9.17) is 4.42 Å². The number of carbonyl (C=O) groups is 1. The number of carbonyl (C=O) groups excluding carboxylic acids is 1. The van der Waals surface area contributed by atoms with E-state index in [1.165, 1.54) is 24.6 Å². The van der Waals surface area contributed by atoms with Crippen molar-refractivity contribution in [1.82, 2.24) is 5.43 Å². The zero-order valence-electron chi connectivity index (χ0n) is 13.3. The molecular formula is C17H18F2N2O3. The van der Waals surface area contributed by atoms with Crippen LogP contribution in [0.2, 0.25) is 0 Å². The highest BCUT2D eigenvalue weighted by Crippen LogP contribution is 2.27. The van der Waals surface area contributed by atoms with Crippen molar-refractivity contribution in [3.8, 4) is 5.75 Å². The third-order valence-corrected chi connectivity index (χ3v) is 3.32. The number of halogens is 2. The van der Waals surface area contributed by atoms with Crippen molar-refractivity contribution in [2.24, 2.45) is 11.0 Å². The number of hydrogen-bond donors (Lipinski definition) is 1. The molecule has 0 aliphatic rings. The summed E-state index contributed by atoms with van der Waals surface area (Å²) in [7, 11) is 0. The highest BCUT2D eigenvalue weighted by Gasteiger charge is 2.24. The molecule has 5 nitrogen and oxygen atoms in total. The molecule has 0 radical (unpaired) electrons. The average Bonchev–Trinajstić information content (AvgIpc) is 3.01. The monoisotopic (exact) mass is 336 g/mol. The standard InChI is InChI=1S/C17H18F2N2O3/c1-11(2)15(12-5-7-13(8-6-12)24-17(18)19)16(22)21-20-10-14-4-3-9-23-14/h3-11,15,17H,1-2H3,(H,21,22)/b20-10+. The maximum atomic E-state index is 12.4. The topological polar surface area (TPSA) is 63.8 Å². The first-order valence-electron chi connectivity index (χ1n) is 7.38. The fourth-order valence-electron chi connectivity index (χ4n) is 2.29. The summed E-state index contributed by atoms with van der Waals surface area (Å²) in [5, 5.41) is 3.86. The number of rotatable bonds is 7. The molecular weight excluding hydrogens is 318 g/mol. The second kappa shape index (κ2) is 8.24. The van der Waals surface area contributed by atoms with E-state index in [2.05, 4.69) is 15.3 Å². The van der Waals surface area contributed by atoms with E-state index in [-0.39, 0.29) is 17.6 Å². The number of hydrazone groups is 1. The second-order valence-electron chi connectivity index (χ2n) is 5.42. The third kappa shape index (κ3) is 4.91. The van der Waals surface area contributed by atoms with Gasteiger partial charge in [-0.25, -0.2) is 5.43 Å². The molecule has 0 spiro atoms. The average molecular weight is 336 g/mol. The third-order valence-electron chi connectivity index (χ3n) is 3.32. The predicted molar refractivity (Wildman–Crippen MR) is 85.1 cm³/mol. The van der Waals surface area contributed by atoms with E-state index in [1.54, 1.807) is 24.3 Å². The Balaban J connectivity index is 2.06. The Labute approximate surface area is 138 Å². The number of nitrogens with zero attached hydrogens (tertiary/aromatic N) is 1. The Morgan fingerprint density at radius 1 is 1.25 bits per heavy atom. The van der Waals surface area contributed by atoms with Crippen molar-refractivity contribution in [2.75, 3.05) is 0 Å². The van der Waals surface area contributed by atoms with Crippen LogP contribution in [0.3, 0.4) is 0 Å². The molecule has 0 saturated carbocycles. The molecule has 7 heteroatoms. The van der Waals surface area contributed by atoms with Crippen LogP contribution in [-0.4, -0.2) is 18.7 Å². The molecule has 1 heterocycles. The van der Waals surface area contributed by atoms with Crippen molar-refractivity contribution >= 4 is 12.1 Å². The van der Waals surface area contributed by atoms with E-state index >= 15 is 0 Å². The van der Waals surface area contributed by atoms with Gasteiger partial charge in [-0.15, -0.1) is 0 Å². The van der Waals surface area contributed by atoms with Crippen LogP contribution >= 0.6 is 0 Å². The Bertz CT molecular complexity index is 668. The van der Waals surface area contributed by atoms with Crippen LogP contribution in [0.4, 0.5) is 8.78 Å². The van der Waals surface area contributed by atoms with Crippen LogP contribution < -0.4 is 10.2 Å². The van der Waals surface area contributed by atoms with Gasteiger partial charge in [0.05, 0.1) is 18.4 Å². The lowest BCUT2D eigenvalue weighted by Crippen LogP contribution is -2.28. The molecule has 0 aliphatic carbocycles. The summed E-state index contributed by atoms with van der Waals surface area (Å²) in [6.45, 7) is 0.907. The molecule has 2 aromatic rings. The molecule has 0 saturated heterocycles. The van der Waals surface area contributed by atoms with Crippen LogP contribution in [0.15, 0.2) is 52.2 Å². The molecule has 1 unspecified atom stereocenters. The lowest BCUT2D eigenvalue weighted by molar-refractivity contribution is -0.123. The van der Waals surface area contributed by atoms with Crippen LogP contribution in [-0.2, 0) is 4.79 Å². The quantitative estimate of drug-likeness (QED) is 0.618. The summed E-state index contributed by atoms with van der Waals surface area (Å²) in [5.41, 5.74) is 3.16. The Kier molecular flexibility index (Phi) is 6.06. The largest absolute Gasteiger partial charge is 0.463 e. The predicted octanol–water partition coefficient (Wildman–Crippen LogP) is 3.77. The van der Waals surface area contributed by atoms with Gasteiger partial charge in [0.2, 0.25) is 5.91 Å². The first-order valence-corrected chi connectivity index (χ1v) is 7.38. The van der Waals surface area contributed by atoms with Gasteiger partial charge in [-0.1, -0.05) is 26.0 Å². The highest BCUT2D eigenvalue weighted by molar-refractivity contribution is 5.85. The summed E-state index contributed by atoms with van der Waals surface area (Å²) < 4.78 is 33.7. The van der Waals surface area contributed by atoms with E-state index in [0.717, 1.165) is 0 Å². The van der Waals surface area contributed by atoms with E-state index in [1.807, 2.05) is 13.8 Å². The number of alkyl halides is 2. The molecule has 1 N–H and O–H groups in total. The SMILES string of the molecule is CC(C)C(C(=O)N/N=C/c1ccco1)c1ccc(OC(F)F)cc1. The van der Waals surface area contributed by atoms with Gasteiger partial charge in [-0.05, 0) is 35.7 Å². The molecule has 0 bridgehead atoms. The Morgan fingerprint density at radius 3 is 2.50 bits per heavy atom. The van der Waals surface area contributed by atoms with E-state index in [0.29, 0.717) is 11.3 Å². The van der Waals surface area contributed by atoms with Gasteiger partial charge in [0.1, 0.15) is 11.5 Å². The summed E-state index contributed by atoms with van der Waals surface area (Å²) in [5.74, 6) is -0.210. The van der Waals surface area contributed by atoms with Crippen LogP contribution in [0.1, 0.15) is 31.1 Å². The zero-order valence-corrected chi connectivity index (χ0v) is 13.3. The number of amides is 1. The minimum Gasteiger partial charge on any atom is -0.463 e. The van der Waals surface area contributed by atoms with Crippen molar-refractivity contribution < 1.29 is 22.7 Å². The van der Waals surface area contributed by atoms with Crippen molar-refractivity contribution in [2.45, 2.75) is 26.4 Å². The lowest BCUT2D eigenvalue weighted by Gasteiger charge is -2.19. The highest BCUT2D eigenvalue weighted by atomic mass is 19.3. The van der Waals surface area contributed by atoms with Crippen molar-refractivity contribution in [1.29, 1.82) is 0 Å². The Morgan fingerprint density at radius 2 is 1.96 bits per heavy atom. The molecule has 128 valence electrons. The first-order chi connectivity index (χ1) is 11.5.